The smallest absolute Gasteiger partial charge is 0.257 e. The molecule has 0 heterocycles. The van der Waals surface area contributed by atoms with Gasteiger partial charge in [0.1, 0.15) is 5.75 Å². The van der Waals surface area contributed by atoms with Gasteiger partial charge in [0.15, 0.2) is 6.61 Å². The minimum Gasteiger partial charge on any atom is -0.483 e. The lowest BCUT2D eigenvalue weighted by molar-refractivity contribution is -0.123. The van der Waals surface area contributed by atoms with Crippen molar-refractivity contribution in [3.63, 3.8) is 0 Å². The van der Waals surface area contributed by atoms with Crippen LogP contribution in [0, 0.1) is 0 Å². The number of ether oxygens (including phenoxy) is 1. The fourth-order valence-electron chi connectivity index (χ4n) is 1.94. The first-order valence-corrected chi connectivity index (χ1v) is 6.88. The zero-order chi connectivity index (χ0) is 14.1. The van der Waals surface area contributed by atoms with Gasteiger partial charge in [0, 0.05) is 18.2 Å². The molecule has 0 saturated carbocycles. The van der Waals surface area contributed by atoms with E-state index in [1.165, 1.54) is 0 Å². The van der Waals surface area contributed by atoms with Crippen molar-refractivity contribution in [1.82, 2.24) is 10.6 Å². The first kappa shape index (κ1) is 15.5. The monoisotopic (exact) mass is 264 g/mol. The Balaban J connectivity index is 2.65. The normalized spacial score (nSPS) is 11.9. The minimum atomic E-state index is -0.0749. The molecule has 19 heavy (non-hydrogen) atoms. The number of rotatable bonds is 8. The second-order valence-corrected chi connectivity index (χ2v) is 4.43. The van der Waals surface area contributed by atoms with Crippen molar-refractivity contribution in [3.05, 3.63) is 29.8 Å². The SMILES string of the molecule is CCCNC(=O)COc1ccccc1C(CC)NC. The van der Waals surface area contributed by atoms with Crippen LogP contribution in [0.3, 0.4) is 0 Å². The lowest BCUT2D eigenvalue weighted by Crippen LogP contribution is -2.29. The number of hydrogen-bond donors (Lipinski definition) is 2. The Labute approximate surface area is 115 Å². The molecule has 2 N–H and O–H groups in total. The van der Waals surface area contributed by atoms with E-state index in [0.29, 0.717) is 6.54 Å². The van der Waals surface area contributed by atoms with Crippen LogP contribution >= 0.6 is 0 Å². The number of amides is 1. The largest absolute Gasteiger partial charge is 0.483 e. The van der Waals surface area contributed by atoms with Crippen LogP contribution in [-0.4, -0.2) is 26.1 Å². The van der Waals surface area contributed by atoms with E-state index in [1.54, 1.807) is 0 Å². The summed E-state index contributed by atoms with van der Waals surface area (Å²) in [5, 5.41) is 6.05. The van der Waals surface area contributed by atoms with E-state index < -0.39 is 0 Å². The van der Waals surface area contributed by atoms with Gasteiger partial charge in [0.25, 0.3) is 5.91 Å². The maximum absolute atomic E-state index is 11.5. The van der Waals surface area contributed by atoms with E-state index in [9.17, 15) is 4.79 Å². The molecule has 0 aliphatic rings. The summed E-state index contributed by atoms with van der Waals surface area (Å²) in [6.45, 7) is 4.90. The summed E-state index contributed by atoms with van der Waals surface area (Å²) in [6, 6.07) is 8.09. The number of hydrogen-bond acceptors (Lipinski definition) is 3. The van der Waals surface area contributed by atoms with Gasteiger partial charge < -0.3 is 15.4 Å². The molecule has 1 atom stereocenters. The Kier molecular flexibility index (Phi) is 6.97. The van der Waals surface area contributed by atoms with E-state index in [4.69, 9.17) is 4.74 Å². The number of carbonyl (C=O) groups is 1. The van der Waals surface area contributed by atoms with Crippen molar-refractivity contribution in [1.29, 1.82) is 0 Å². The molecular weight excluding hydrogens is 240 g/mol. The van der Waals surface area contributed by atoms with E-state index in [2.05, 4.69) is 17.6 Å². The summed E-state index contributed by atoms with van der Waals surface area (Å²) in [6.07, 6.45) is 1.90. The quantitative estimate of drug-likeness (QED) is 0.757. The van der Waals surface area contributed by atoms with Crippen LogP contribution in [0.25, 0.3) is 0 Å². The highest BCUT2D eigenvalue weighted by Gasteiger charge is 2.13. The predicted octanol–water partition coefficient (Wildman–Crippen LogP) is 2.26. The van der Waals surface area contributed by atoms with Gasteiger partial charge in [-0.2, -0.15) is 0 Å². The summed E-state index contributed by atoms with van der Waals surface area (Å²) in [4.78, 5) is 11.5. The Bertz CT molecular complexity index is 389. The summed E-state index contributed by atoms with van der Waals surface area (Å²) < 4.78 is 5.63. The summed E-state index contributed by atoms with van der Waals surface area (Å²) in [7, 11) is 1.93. The standard InChI is InChI=1S/C15H24N2O2/c1-4-10-17-15(18)11-19-14-9-7-6-8-12(14)13(5-2)16-3/h6-9,13,16H,4-5,10-11H2,1-3H3,(H,17,18). The number of carbonyl (C=O) groups excluding carboxylic acids is 1. The van der Waals surface area contributed by atoms with E-state index >= 15 is 0 Å². The van der Waals surface area contributed by atoms with Gasteiger partial charge in [-0.25, -0.2) is 0 Å². The molecule has 1 rings (SSSR count). The summed E-state index contributed by atoms with van der Waals surface area (Å²) in [5.41, 5.74) is 1.09. The van der Waals surface area contributed by atoms with Crippen LogP contribution in [0.5, 0.6) is 5.75 Å². The Morgan fingerprint density at radius 1 is 1.32 bits per heavy atom. The third kappa shape index (κ3) is 4.91. The van der Waals surface area contributed by atoms with Crippen molar-refractivity contribution in [2.45, 2.75) is 32.7 Å². The second kappa shape index (κ2) is 8.53. The summed E-state index contributed by atoms with van der Waals surface area (Å²) >= 11 is 0. The average Bonchev–Trinajstić information content (AvgIpc) is 2.45. The molecule has 106 valence electrons. The van der Waals surface area contributed by atoms with Crippen LogP contribution in [0.1, 0.15) is 38.3 Å². The lowest BCUT2D eigenvalue weighted by atomic mass is 10.0. The maximum atomic E-state index is 11.5. The van der Waals surface area contributed by atoms with Gasteiger partial charge in [-0.15, -0.1) is 0 Å². The van der Waals surface area contributed by atoms with Crippen LogP contribution in [0.15, 0.2) is 24.3 Å². The fourth-order valence-corrected chi connectivity index (χ4v) is 1.94. The van der Waals surface area contributed by atoms with Gasteiger partial charge in [-0.1, -0.05) is 32.0 Å². The molecular formula is C15H24N2O2. The van der Waals surface area contributed by atoms with Gasteiger partial charge in [0.2, 0.25) is 0 Å². The molecule has 4 heteroatoms. The van der Waals surface area contributed by atoms with E-state index in [0.717, 1.165) is 24.2 Å². The fraction of sp³-hybridized carbons (Fsp3) is 0.533. The van der Waals surface area contributed by atoms with Crippen molar-refractivity contribution in [2.24, 2.45) is 0 Å². The van der Waals surface area contributed by atoms with Crippen molar-refractivity contribution in [3.8, 4) is 5.75 Å². The Hall–Kier alpha value is -1.55. The van der Waals surface area contributed by atoms with E-state index in [-0.39, 0.29) is 18.6 Å². The van der Waals surface area contributed by atoms with Gasteiger partial charge in [-0.05, 0) is 26.0 Å². The zero-order valence-corrected chi connectivity index (χ0v) is 12.0. The summed E-state index contributed by atoms with van der Waals surface area (Å²) in [5.74, 6) is 0.699. The average molecular weight is 264 g/mol. The van der Waals surface area contributed by atoms with Crippen molar-refractivity contribution in [2.75, 3.05) is 20.2 Å². The molecule has 0 aliphatic heterocycles. The van der Waals surface area contributed by atoms with Crippen LogP contribution < -0.4 is 15.4 Å². The molecule has 1 unspecified atom stereocenters. The highest BCUT2D eigenvalue weighted by atomic mass is 16.5. The third-order valence-electron chi connectivity index (χ3n) is 2.98. The van der Waals surface area contributed by atoms with E-state index in [1.807, 2.05) is 38.2 Å². The van der Waals surface area contributed by atoms with Gasteiger partial charge >= 0.3 is 0 Å². The first-order chi connectivity index (χ1) is 9.22. The second-order valence-electron chi connectivity index (χ2n) is 4.43. The molecule has 0 saturated heterocycles. The number of benzene rings is 1. The lowest BCUT2D eigenvalue weighted by Gasteiger charge is -2.18. The molecule has 0 aromatic heterocycles. The minimum absolute atomic E-state index is 0.0666. The van der Waals surface area contributed by atoms with Crippen LogP contribution in [0.4, 0.5) is 0 Å². The van der Waals surface area contributed by atoms with Crippen molar-refractivity contribution < 1.29 is 9.53 Å². The topological polar surface area (TPSA) is 50.4 Å². The Morgan fingerprint density at radius 2 is 2.05 bits per heavy atom. The Morgan fingerprint density at radius 3 is 2.68 bits per heavy atom. The molecule has 0 fully saturated rings. The number of para-hydroxylation sites is 1. The molecule has 0 radical (unpaired) electrons. The van der Waals surface area contributed by atoms with Gasteiger partial charge in [-0.3, -0.25) is 4.79 Å². The van der Waals surface area contributed by atoms with Crippen molar-refractivity contribution >= 4 is 5.91 Å². The molecule has 0 aliphatic carbocycles. The third-order valence-corrected chi connectivity index (χ3v) is 2.98. The molecule has 1 amide bonds. The van der Waals surface area contributed by atoms with Crippen LogP contribution in [-0.2, 0) is 4.79 Å². The first-order valence-electron chi connectivity index (χ1n) is 6.88. The highest BCUT2D eigenvalue weighted by molar-refractivity contribution is 5.77. The molecule has 0 spiro atoms. The maximum Gasteiger partial charge on any atom is 0.257 e. The highest BCUT2D eigenvalue weighted by Crippen LogP contribution is 2.26. The molecule has 0 bridgehead atoms. The molecule has 4 nitrogen and oxygen atoms in total. The predicted molar refractivity (Wildman–Crippen MR) is 77.3 cm³/mol. The molecule has 1 aromatic rings. The number of nitrogens with one attached hydrogen (secondary N) is 2. The molecule has 1 aromatic carbocycles. The van der Waals surface area contributed by atoms with Gasteiger partial charge in [0.05, 0.1) is 0 Å². The van der Waals surface area contributed by atoms with Crippen LogP contribution in [0.2, 0.25) is 0 Å². The zero-order valence-electron chi connectivity index (χ0n) is 12.0.